The molecule has 1 aliphatic heterocycles. The second kappa shape index (κ2) is 5.27. The molecule has 1 aromatic carbocycles. The number of amides is 1. The molecule has 0 saturated carbocycles. The smallest absolute Gasteiger partial charge is 0.288 e. The fourth-order valence-corrected chi connectivity index (χ4v) is 4.53. The number of hydrogen-bond donors (Lipinski definition) is 1. The first-order valence-corrected chi connectivity index (χ1v) is 8.29. The highest BCUT2D eigenvalue weighted by atomic mass is 35.5. The lowest BCUT2D eigenvalue weighted by Crippen LogP contribution is -2.46. The van der Waals surface area contributed by atoms with Crippen molar-refractivity contribution in [1.82, 2.24) is 5.32 Å². The molecular formula is C12H13ClN2O5S. The standard InChI is InChI=1S/C12H13ClN2O5S/c1-12(4-5-21(19,20)7-12)14-11(16)8-2-3-9(13)10(6-8)15(17)18/h2-3,6H,4-5,7H2,1H3,(H,14,16)/t12-/m1/s1. The van der Waals surface area contributed by atoms with E-state index in [-0.39, 0.29) is 27.8 Å². The lowest BCUT2D eigenvalue weighted by Gasteiger charge is -2.23. The van der Waals surface area contributed by atoms with Crippen LogP contribution in [0.4, 0.5) is 5.69 Å². The van der Waals surface area contributed by atoms with E-state index in [9.17, 15) is 23.3 Å². The van der Waals surface area contributed by atoms with Crippen LogP contribution in [0.5, 0.6) is 0 Å². The minimum Gasteiger partial charge on any atom is -0.346 e. The van der Waals surface area contributed by atoms with E-state index < -0.39 is 26.2 Å². The fraction of sp³-hybridized carbons (Fsp3) is 0.417. The van der Waals surface area contributed by atoms with Crippen molar-refractivity contribution in [2.45, 2.75) is 18.9 Å². The van der Waals surface area contributed by atoms with Gasteiger partial charge in [0.25, 0.3) is 11.6 Å². The van der Waals surface area contributed by atoms with Gasteiger partial charge in [0.15, 0.2) is 9.84 Å². The molecule has 1 fully saturated rings. The molecule has 114 valence electrons. The summed E-state index contributed by atoms with van der Waals surface area (Å²) in [6.45, 7) is 1.64. The predicted molar refractivity (Wildman–Crippen MR) is 77.2 cm³/mol. The Bertz CT molecular complexity index is 718. The molecule has 0 spiro atoms. The Balaban J connectivity index is 2.22. The average Bonchev–Trinajstić information content (AvgIpc) is 2.63. The summed E-state index contributed by atoms with van der Waals surface area (Å²) in [5, 5.41) is 13.4. The van der Waals surface area contributed by atoms with Crippen molar-refractivity contribution in [3.8, 4) is 0 Å². The van der Waals surface area contributed by atoms with Gasteiger partial charge in [0.1, 0.15) is 5.02 Å². The SMILES string of the molecule is C[C@@]1(NC(=O)c2ccc(Cl)c([N+](=O)[O-])c2)CCS(=O)(=O)C1. The molecule has 2 rings (SSSR count). The maximum absolute atomic E-state index is 12.1. The molecule has 0 bridgehead atoms. The summed E-state index contributed by atoms with van der Waals surface area (Å²) in [6, 6.07) is 3.70. The van der Waals surface area contributed by atoms with E-state index in [1.165, 1.54) is 12.1 Å². The van der Waals surface area contributed by atoms with Crippen molar-refractivity contribution in [3.05, 3.63) is 38.9 Å². The molecule has 1 aliphatic rings. The molecular weight excluding hydrogens is 320 g/mol. The maximum Gasteiger partial charge on any atom is 0.288 e. The number of nitrogens with zero attached hydrogens (tertiary/aromatic N) is 1. The molecule has 9 heteroatoms. The summed E-state index contributed by atoms with van der Waals surface area (Å²) in [7, 11) is -3.15. The van der Waals surface area contributed by atoms with E-state index in [4.69, 9.17) is 11.6 Å². The van der Waals surface area contributed by atoms with E-state index in [2.05, 4.69) is 5.32 Å². The minimum atomic E-state index is -3.15. The van der Waals surface area contributed by atoms with Crippen LogP contribution in [0, 0.1) is 10.1 Å². The van der Waals surface area contributed by atoms with Crippen LogP contribution >= 0.6 is 11.6 Å². The van der Waals surface area contributed by atoms with Gasteiger partial charge in [-0.3, -0.25) is 14.9 Å². The zero-order chi connectivity index (χ0) is 15.8. The van der Waals surface area contributed by atoms with Crippen molar-refractivity contribution < 1.29 is 18.1 Å². The Hall–Kier alpha value is -1.67. The highest BCUT2D eigenvalue weighted by Crippen LogP contribution is 2.27. The van der Waals surface area contributed by atoms with Gasteiger partial charge < -0.3 is 5.32 Å². The van der Waals surface area contributed by atoms with Crippen molar-refractivity contribution in [3.63, 3.8) is 0 Å². The summed E-state index contributed by atoms with van der Waals surface area (Å²) >= 11 is 5.68. The van der Waals surface area contributed by atoms with Crippen LogP contribution in [0.25, 0.3) is 0 Å². The Labute approximate surface area is 126 Å². The first-order valence-electron chi connectivity index (χ1n) is 6.09. The number of rotatable bonds is 3. The second-order valence-corrected chi connectivity index (χ2v) is 7.87. The molecule has 0 unspecified atom stereocenters. The summed E-state index contributed by atoms with van der Waals surface area (Å²) in [6.07, 6.45) is 0.316. The molecule has 1 aromatic rings. The van der Waals surface area contributed by atoms with Crippen molar-refractivity contribution in [1.29, 1.82) is 0 Å². The Morgan fingerprint density at radius 3 is 2.67 bits per heavy atom. The van der Waals surface area contributed by atoms with Gasteiger partial charge in [-0.15, -0.1) is 0 Å². The number of sulfone groups is 1. The van der Waals surface area contributed by atoms with Crippen LogP contribution in [0.15, 0.2) is 18.2 Å². The predicted octanol–water partition coefficient (Wildman–Crippen LogP) is 1.56. The summed E-state index contributed by atoms with van der Waals surface area (Å²) < 4.78 is 23.0. The number of halogens is 1. The van der Waals surface area contributed by atoms with Gasteiger partial charge in [-0.05, 0) is 25.5 Å². The number of nitrogens with one attached hydrogen (secondary N) is 1. The quantitative estimate of drug-likeness (QED) is 0.667. The van der Waals surface area contributed by atoms with Crippen LogP contribution < -0.4 is 5.32 Å². The van der Waals surface area contributed by atoms with Crippen LogP contribution in [0.1, 0.15) is 23.7 Å². The highest BCUT2D eigenvalue weighted by molar-refractivity contribution is 7.91. The third-order valence-corrected chi connectivity index (χ3v) is 5.55. The topological polar surface area (TPSA) is 106 Å². The van der Waals surface area contributed by atoms with Gasteiger partial charge in [0.2, 0.25) is 0 Å². The maximum atomic E-state index is 12.1. The molecule has 0 aliphatic carbocycles. The van der Waals surface area contributed by atoms with Gasteiger partial charge in [-0.2, -0.15) is 0 Å². The number of nitro benzene ring substituents is 1. The zero-order valence-electron chi connectivity index (χ0n) is 11.1. The number of nitro groups is 1. The minimum absolute atomic E-state index is 0.0184. The Morgan fingerprint density at radius 1 is 1.48 bits per heavy atom. The van der Waals surface area contributed by atoms with Crippen LogP contribution in [-0.2, 0) is 9.84 Å². The highest BCUT2D eigenvalue weighted by Gasteiger charge is 2.39. The lowest BCUT2D eigenvalue weighted by molar-refractivity contribution is -0.384. The molecule has 7 nitrogen and oxygen atoms in total. The monoisotopic (exact) mass is 332 g/mol. The molecule has 0 aromatic heterocycles. The van der Waals surface area contributed by atoms with Crippen LogP contribution in [-0.4, -0.2) is 36.3 Å². The molecule has 1 amide bonds. The second-order valence-electron chi connectivity index (χ2n) is 5.28. The number of hydrogen-bond acceptors (Lipinski definition) is 5. The van der Waals surface area contributed by atoms with Gasteiger partial charge in [0, 0.05) is 11.6 Å². The van der Waals surface area contributed by atoms with Crippen LogP contribution in [0.2, 0.25) is 5.02 Å². The third-order valence-electron chi connectivity index (χ3n) is 3.32. The van der Waals surface area contributed by atoms with E-state index in [0.717, 1.165) is 6.07 Å². The van der Waals surface area contributed by atoms with Gasteiger partial charge in [-0.25, -0.2) is 8.42 Å². The molecule has 21 heavy (non-hydrogen) atoms. The molecule has 1 atom stereocenters. The normalized spacial score (nSPS) is 23.7. The third kappa shape index (κ3) is 3.51. The fourth-order valence-electron chi connectivity index (χ4n) is 2.25. The lowest BCUT2D eigenvalue weighted by atomic mass is 10.0. The summed E-state index contributed by atoms with van der Waals surface area (Å²) in [5.74, 6) is -0.680. The number of benzene rings is 1. The molecule has 1 N–H and O–H groups in total. The first kappa shape index (κ1) is 15.7. The number of carbonyl (C=O) groups excluding carboxylic acids is 1. The van der Waals surface area contributed by atoms with Gasteiger partial charge in [-0.1, -0.05) is 11.6 Å². The Morgan fingerprint density at radius 2 is 2.14 bits per heavy atom. The van der Waals surface area contributed by atoms with E-state index in [1.807, 2.05) is 0 Å². The average molecular weight is 333 g/mol. The van der Waals surface area contributed by atoms with Crippen molar-refractivity contribution >= 4 is 33.0 Å². The number of carbonyl (C=O) groups is 1. The van der Waals surface area contributed by atoms with Gasteiger partial charge >= 0.3 is 0 Å². The Kier molecular flexibility index (Phi) is 3.94. The van der Waals surface area contributed by atoms with Crippen molar-refractivity contribution in [2.75, 3.05) is 11.5 Å². The zero-order valence-corrected chi connectivity index (χ0v) is 12.7. The molecule has 0 radical (unpaired) electrons. The van der Waals surface area contributed by atoms with Crippen LogP contribution in [0.3, 0.4) is 0 Å². The first-order chi connectivity index (χ1) is 9.62. The molecule has 1 saturated heterocycles. The van der Waals surface area contributed by atoms with Crippen molar-refractivity contribution in [2.24, 2.45) is 0 Å². The summed E-state index contributed by atoms with van der Waals surface area (Å²) in [4.78, 5) is 22.3. The van der Waals surface area contributed by atoms with E-state index in [1.54, 1.807) is 6.92 Å². The van der Waals surface area contributed by atoms with E-state index in [0.29, 0.717) is 6.42 Å². The summed E-state index contributed by atoms with van der Waals surface area (Å²) in [5.41, 5.74) is -1.16. The van der Waals surface area contributed by atoms with E-state index >= 15 is 0 Å². The van der Waals surface area contributed by atoms with Gasteiger partial charge in [0.05, 0.1) is 22.0 Å². The molecule has 1 heterocycles. The largest absolute Gasteiger partial charge is 0.346 e.